The fraction of sp³-hybridized carbons (Fsp3) is 0.391. The number of para-hydroxylation sites is 1. The van der Waals surface area contributed by atoms with Crippen molar-refractivity contribution in [3.63, 3.8) is 0 Å². The molecule has 4 heteroatoms. The molecule has 1 fully saturated rings. The van der Waals surface area contributed by atoms with Crippen molar-refractivity contribution >= 4 is 23.2 Å². The Morgan fingerprint density at radius 2 is 1.78 bits per heavy atom. The number of nitrogens with one attached hydrogen (secondary N) is 1. The first-order valence-corrected chi connectivity index (χ1v) is 9.73. The summed E-state index contributed by atoms with van der Waals surface area (Å²) in [5, 5.41) is 3.02. The van der Waals surface area contributed by atoms with E-state index in [1.807, 2.05) is 43.0 Å². The van der Waals surface area contributed by atoms with Crippen LogP contribution in [0, 0.1) is 19.8 Å². The van der Waals surface area contributed by atoms with Gasteiger partial charge in [0, 0.05) is 24.3 Å². The largest absolute Gasteiger partial charge is 0.326 e. The summed E-state index contributed by atoms with van der Waals surface area (Å²) < 4.78 is 0. The van der Waals surface area contributed by atoms with Crippen LogP contribution in [0.5, 0.6) is 0 Å². The number of rotatable bonds is 5. The number of hydrogen-bond donors (Lipinski definition) is 1. The van der Waals surface area contributed by atoms with Gasteiger partial charge in [0.2, 0.25) is 11.8 Å². The minimum atomic E-state index is -0.327. The molecule has 4 nitrogen and oxygen atoms in total. The molecular formula is C23H28N2O2. The van der Waals surface area contributed by atoms with Gasteiger partial charge in [0.1, 0.15) is 0 Å². The first-order valence-electron chi connectivity index (χ1n) is 9.73. The van der Waals surface area contributed by atoms with Crippen LogP contribution in [-0.4, -0.2) is 18.4 Å². The number of anilines is 2. The van der Waals surface area contributed by atoms with Crippen molar-refractivity contribution in [2.75, 3.05) is 16.8 Å². The van der Waals surface area contributed by atoms with Crippen molar-refractivity contribution in [1.82, 2.24) is 0 Å². The Labute approximate surface area is 161 Å². The van der Waals surface area contributed by atoms with Gasteiger partial charge in [0.05, 0.1) is 5.92 Å². The number of amides is 2. The molecule has 142 valence electrons. The Balaban J connectivity index is 1.82. The minimum Gasteiger partial charge on any atom is -0.326 e. The van der Waals surface area contributed by atoms with Gasteiger partial charge >= 0.3 is 0 Å². The molecule has 0 spiro atoms. The Kier molecular flexibility index (Phi) is 5.64. The van der Waals surface area contributed by atoms with Crippen LogP contribution in [0.1, 0.15) is 42.5 Å². The normalized spacial score (nSPS) is 16.7. The third kappa shape index (κ3) is 3.90. The number of carbonyl (C=O) groups excluding carboxylic acids is 2. The van der Waals surface area contributed by atoms with Crippen LogP contribution in [0.25, 0.3) is 0 Å². The van der Waals surface area contributed by atoms with E-state index < -0.39 is 0 Å². The van der Waals surface area contributed by atoms with Gasteiger partial charge in [-0.05, 0) is 55.0 Å². The number of aryl methyl sites for hydroxylation is 4. The van der Waals surface area contributed by atoms with Crippen LogP contribution < -0.4 is 10.2 Å². The lowest BCUT2D eigenvalue weighted by atomic mass is 10.0. The van der Waals surface area contributed by atoms with Gasteiger partial charge in [-0.2, -0.15) is 0 Å². The highest BCUT2D eigenvalue weighted by atomic mass is 16.2. The second-order valence-corrected chi connectivity index (χ2v) is 7.34. The average molecular weight is 364 g/mol. The molecule has 2 aromatic carbocycles. The lowest BCUT2D eigenvalue weighted by molar-refractivity contribution is -0.122. The lowest BCUT2D eigenvalue weighted by Crippen LogP contribution is -2.29. The summed E-state index contributed by atoms with van der Waals surface area (Å²) in [5.41, 5.74) is 6.30. The van der Waals surface area contributed by atoms with Crippen LogP contribution in [0.4, 0.5) is 11.4 Å². The zero-order chi connectivity index (χ0) is 19.6. The number of hydrogen-bond acceptors (Lipinski definition) is 2. The fourth-order valence-corrected chi connectivity index (χ4v) is 3.77. The van der Waals surface area contributed by atoms with Crippen LogP contribution in [0.15, 0.2) is 36.4 Å². The smallest absolute Gasteiger partial charge is 0.229 e. The summed E-state index contributed by atoms with van der Waals surface area (Å²) in [6.07, 6.45) is 2.00. The Hall–Kier alpha value is -2.62. The Morgan fingerprint density at radius 1 is 1.11 bits per heavy atom. The van der Waals surface area contributed by atoms with Gasteiger partial charge in [-0.1, -0.05) is 44.2 Å². The SMILES string of the molecule is CCc1cccc(CC)c1N1CC(C(=O)Nc2cc(C)ccc2C)CC1=O. The molecule has 1 atom stereocenters. The van der Waals surface area contributed by atoms with Gasteiger partial charge < -0.3 is 10.2 Å². The topological polar surface area (TPSA) is 49.4 Å². The third-order valence-corrected chi connectivity index (χ3v) is 5.38. The van der Waals surface area contributed by atoms with Gasteiger partial charge in [-0.3, -0.25) is 9.59 Å². The molecule has 27 heavy (non-hydrogen) atoms. The van der Waals surface area contributed by atoms with Crippen molar-refractivity contribution in [2.24, 2.45) is 5.92 Å². The summed E-state index contributed by atoms with van der Waals surface area (Å²) in [6, 6.07) is 12.2. The molecule has 0 saturated carbocycles. The van der Waals surface area contributed by atoms with E-state index in [0.717, 1.165) is 35.3 Å². The van der Waals surface area contributed by atoms with Gasteiger partial charge in [-0.15, -0.1) is 0 Å². The van der Waals surface area contributed by atoms with Crippen molar-refractivity contribution in [1.29, 1.82) is 0 Å². The van der Waals surface area contributed by atoms with Crippen molar-refractivity contribution in [3.8, 4) is 0 Å². The maximum atomic E-state index is 12.8. The number of nitrogens with zero attached hydrogens (tertiary/aromatic N) is 1. The Bertz CT molecular complexity index is 850. The average Bonchev–Trinajstić information content (AvgIpc) is 3.05. The highest BCUT2D eigenvalue weighted by Gasteiger charge is 2.36. The molecular weight excluding hydrogens is 336 g/mol. The number of benzene rings is 2. The summed E-state index contributed by atoms with van der Waals surface area (Å²) in [4.78, 5) is 27.4. The lowest BCUT2D eigenvalue weighted by Gasteiger charge is -2.23. The van der Waals surface area contributed by atoms with Crippen LogP contribution in [0.2, 0.25) is 0 Å². The minimum absolute atomic E-state index is 0.0340. The zero-order valence-corrected chi connectivity index (χ0v) is 16.6. The molecule has 3 rings (SSSR count). The van der Waals surface area contributed by atoms with E-state index in [1.165, 1.54) is 11.1 Å². The predicted molar refractivity (Wildman–Crippen MR) is 110 cm³/mol. The quantitative estimate of drug-likeness (QED) is 0.854. The van der Waals surface area contributed by atoms with Crippen LogP contribution in [-0.2, 0) is 22.4 Å². The zero-order valence-electron chi connectivity index (χ0n) is 16.6. The van der Waals surface area contributed by atoms with E-state index in [4.69, 9.17) is 0 Å². The molecule has 0 radical (unpaired) electrons. The summed E-state index contributed by atoms with van der Waals surface area (Å²) in [6.45, 7) is 8.63. The summed E-state index contributed by atoms with van der Waals surface area (Å²) in [5.74, 6) is -0.370. The molecule has 1 aliphatic heterocycles. The van der Waals surface area contributed by atoms with Crippen molar-refractivity contribution in [3.05, 3.63) is 58.7 Å². The monoisotopic (exact) mass is 364 g/mol. The predicted octanol–water partition coefficient (Wildman–Crippen LogP) is 4.42. The molecule has 2 aromatic rings. The highest BCUT2D eigenvalue weighted by Crippen LogP contribution is 2.33. The van der Waals surface area contributed by atoms with Gasteiger partial charge in [0.15, 0.2) is 0 Å². The van der Waals surface area contributed by atoms with Crippen molar-refractivity contribution < 1.29 is 9.59 Å². The van der Waals surface area contributed by atoms with Gasteiger partial charge in [-0.25, -0.2) is 0 Å². The van der Waals surface area contributed by atoms with Gasteiger partial charge in [0.25, 0.3) is 0 Å². The highest BCUT2D eigenvalue weighted by molar-refractivity contribution is 6.04. The molecule has 1 heterocycles. The van der Waals surface area contributed by atoms with E-state index in [9.17, 15) is 9.59 Å². The molecule has 0 aliphatic carbocycles. The van der Waals surface area contributed by atoms with E-state index in [1.54, 1.807) is 0 Å². The second kappa shape index (κ2) is 7.95. The Morgan fingerprint density at radius 3 is 2.41 bits per heavy atom. The molecule has 0 bridgehead atoms. The molecule has 1 N–H and O–H groups in total. The maximum absolute atomic E-state index is 12.8. The third-order valence-electron chi connectivity index (χ3n) is 5.38. The number of carbonyl (C=O) groups is 2. The van der Waals surface area contributed by atoms with E-state index in [2.05, 4.69) is 31.3 Å². The van der Waals surface area contributed by atoms with E-state index in [-0.39, 0.29) is 24.2 Å². The van der Waals surface area contributed by atoms with Crippen LogP contribution in [0.3, 0.4) is 0 Å². The first-order chi connectivity index (χ1) is 12.9. The molecule has 0 aromatic heterocycles. The van der Waals surface area contributed by atoms with E-state index in [0.29, 0.717) is 6.54 Å². The van der Waals surface area contributed by atoms with Crippen LogP contribution >= 0.6 is 0 Å². The summed E-state index contributed by atoms with van der Waals surface area (Å²) >= 11 is 0. The van der Waals surface area contributed by atoms with E-state index >= 15 is 0 Å². The standard InChI is InChI=1S/C23H28N2O2/c1-5-17-8-7-9-18(6-2)22(17)25-14-19(13-21(25)26)23(27)24-20-12-15(3)10-11-16(20)4/h7-12,19H,5-6,13-14H2,1-4H3,(H,24,27). The molecule has 1 aliphatic rings. The maximum Gasteiger partial charge on any atom is 0.229 e. The molecule has 2 amide bonds. The fourth-order valence-electron chi connectivity index (χ4n) is 3.77. The first kappa shape index (κ1) is 19.2. The molecule has 1 unspecified atom stereocenters. The molecule has 1 saturated heterocycles. The van der Waals surface area contributed by atoms with Crippen molar-refractivity contribution in [2.45, 2.75) is 47.0 Å². The second-order valence-electron chi connectivity index (χ2n) is 7.34. The summed E-state index contributed by atoms with van der Waals surface area (Å²) in [7, 11) is 0.